The number of furan rings is 1. The zero-order valence-corrected chi connectivity index (χ0v) is 6.05. The molecule has 0 saturated heterocycles. The van der Waals surface area contributed by atoms with Gasteiger partial charge < -0.3 is 9.15 Å². The van der Waals surface area contributed by atoms with Crippen molar-refractivity contribution in [2.45, 2.75) is 0 Å². The van der Waals surface area contributed by atoms with Gasteiger partial charge in [-0.15, -0.1) is 0 Å². The molecule has 1 aromatic carbocycles. The second kappa shape index (κ2) is 2.31. The molecular weight excluding hydrogens is 140 g/mol. The summed E-state index contributed by atoms with van der Waals surface area (Å²) in [5, 5.41) is 0.987. The summed E-state index contributed by atoms with van der Waals surface area (Å²) in [5.74, 6) is 0.715. The lowest BCUT2D eigenvalue weighted by Crippen LogP contribution is -1.80. The highest BCUT2D eigenvalue weighted by atomic mass is 16.5. The molecule has 0 spiro atoms. The summed E-state index contributed by atoms with van der Waals surface area (Å²) < 4.78 is 9.99. The molecule has 11 heavy (non-hydrogen) atoms. The molecule has 2 nitrogen and oxygen atoms in total. The molecule has 2 rings (SSSR count). The standard InChI is InChI=1S/C9H6O2/c1-10-8-2-3-9-7(6-8)4-5-11-9/h3-4,6H,1H3. The van der Waals surface area contributed by atoms with Gasteiger partial charge in [0.2, 0.25) is 0 Å². The van der Waals surface area contributed by atoms with Crippen LogP contribution in [0.4, 0.5) is 0 Å². The van der Waals surface area contributed by atoms with Crippen molar-refractivity contribution in [1.82, 2.24) is 0 Å². The molecule has 2 radical (unpaired) electrons. The van der Waals surface area contributed by atoms with Gasteiger partial charge in [-0.25, -0.2) is 0 Å². The van der Waals surface area contributed by atoms with Crippen LogP contribution in [0.5, 0.6) is 5.75 Å². The van der Waals surface area contributed by atoms with E-state index in [0.29, 0.717) is 5.75 Å². The summed E-state index contributed by atoms with van der Waals surface area (Å²) >= 11 is 0. The molecule has 2 heteroatoms. The molecule has 0 aliphatic rings. The predicted molar refractivity (Wildman–Crippen MR) is 40.4 cm³/mol. The van der Waals surface area contributed by atoms with Crippen LogP contribution in [0.3, 0.4) is 0 Å². The summed E-state index contributed by atoms with van der Waals surface area (Å²) in [4.78, 5) is 0. The fraction of sp³-hybridized carbons (Fsp3) is 0.111. The molecular formula is C9H6O2. The molecule has 0 aliphatic carbocycles. The van der Waals surface area contributed by atoms with E-state index in [-0.39, 0.29) is 0 Å². The Balaban J connectivity index is 2.67. The third-order valence-corrected chi connectivity index (χ3v) is 1.52. The third-order valence-electron chi connectivity index (χ3n) is 1.52. The molecule has 0 fully saturated rings. The first-order valence-corrected chi connectivity index (χ1v) is 3.25. The molecule has 0 unspecified atom stereocenters. The van der Waals surface area contributed by atoms with Gasteiger partial charge in [0.05, 0.1) is 7.11 Å². The number of methoxy groups -OCH3 is 1. The van der Waals surface area contributed by atoms with Crippen molar-refractivity contribution in [3.63, 3.8) is 0 Å². The average Bonchev–Trinajstić information content (AvgIpc) is 2.50. The molecule has 0 aliphatic heterocycles. The summed E-state index contributed by atoms with van der Waals surface area (Å²) in [6.45, 7) is 0. The van der Waals surface area contributed by atoms with Crippen LogP contribution in [0.25, 0.3) is 11.0 Å². The van der Waals surface area contributed by atoms with Crippen LogP contribution in [0, 0.1) is 12.3 Å². The minimum Gasteiger partial charge on any atom is -0.496 e. The Labute approximate surface area is 64.4 Å². The lowest BCUT2D eigenvalue weighted by atomic mass is 10.2. The van der Waals surface area contributed by atoms with Gasteiger partial charge in [-0.2, -0.15) is 0 Å². The molecule has 0 saturated carbocycles. The van der Waals surface area contributed by atoms with Crippen LogP contribution in [0.2, 0.25) is 0 Å². The second-order valence-electron chi connectivity index (χ2n) is 2.19. The smallest absolute Gasteiger partial charge is 0.170 e. The number of hydrogen-bond acceptors (Lipinski definition) is 2. The topological polar surface area (TPSA) is 22.4 Å². The zero-order chi connectivity index (χ0) is 7.68. The number of ether oxygens (including phenoxy) is 1. The molecule has 54 valence electrons. The van der Waals surface area contributed by atoms with E-state index in [9.17, 15) is 0 Å². The van der Waals surface area contributed by atoms with Gasteiger partial charge >= 0.3 is 0 Å². The van der Waals surface area contributed by atoms with Gasteiger partial charge in [-0.05, 0) is 18.2 Å². The Morgan fingerprint density at radius 3 is 3.18 bits per heavy atom. The highest BCUT2D eigenvalue weighted by Gasteiger charge is 1.97. The second-order valence-corrected chi connectivity index (χ2v) is 2.19. The fourth-order valence-electron chi connectivity index (χ4n) is 0.950. The summed E-state index contributed by atoms with van der Waals surface area (Å²) in [6.07, 6.45) is 2.64. The van der Waals surface area contributed by atoms with Crippen LogP contribution in [0.1, 0.15) is 0 Å². The van der Waals surface area contributed by atoms with E-state index in [4.69, 9.17) is 9.15 Å². The largest absolute Gasteiger partial charge is 0.496 e. The zero-order valence-electron chi connectivity index (χ0n) is 6.05. The van der Waals surface area contributed by atoms with E-state index in [1.165, 1.54) is 0 Å². The van der Waals surface area contributed by atoms with E-state index in [2.05, 4.69) is 12.3 Å². The molecule has 0 amide bonds. The van der Waals surface area contributed by atoms with Crippen molar-refractivity contribution in [2.75, 3.05) is 7.11 Å². The van der Waals surface area contributed by atoms with Crippen LogP contribution in [-0.2, 0) is 0 Å². The number of hydrogen-bond donors (Lipinski definition) is 0. The van der Waals surface area contributed by atoms with Crippen molar-refractivity contribution >= 4 is 11.0 Å². The van der Waals surface area contributed by atoms with Crippen LogP contribution >= 0.6 is 0 Å². The Morgan fingerprint density at radius 2 is 2.36 bits per heavy atom. The van der Waals surface area contributed by atoms with Crippen molar-refractivity contribution in [3.05, 3.63) is 30.5 Å². The van der Waals surface area contributed by atoms with E-state index in [0.717, 1.165) is 11.0 Å². The first-order chi connectivity index (χ1) is 5.40. The molecule has 1 heterocycles. The first kappa shape index (κ1) is 6.28. The molecule has 2 aromatic rings. The number of fused-ring (bicyclic) bond motifs is 1. The normalized spacial score (nSPS) is 10.3. The van der Waals surface area contributed by atoms with Crippen molar-refractivity contribution in [3.8, 4) is 5.75 Å². The molecule has 0 bridgehead atoms. The van der Waals surface area contributed by atoms with Crippen molar-refractivity contribution in [1.29, 1.82) is 0 Å². The van der Waals surface area contributed by atoms with E-state index < -0.39 is 0 Å². The minimum absolute atomic E-state index is 0.715. The van der Waals surface area contributed by atoms with Crippen molar-refractivity contribution in [2.24, 2.45) is 0 Å². The van der Waals surface area contributed by atoms with E-state index in [1.807, 2.05) is 6.07 Å². The van der Waals surface area contributed by atoms with Gasteiger partial charge in [-0.1, -0.05) is 0 Å². The molecule has 0 atom stereocenters. The first-order valence-electron chi connectivity index (χ1n) is 3.25. The lowest BCUT2D eigenvalue weighted by Gasteiger charge is -1.95. The van der Waals surface area contributed by atoms with Gasteiger partial charge in [-0.3, -0.25) is 0 Å². The summed E-state index contributed by atoms with van der Waals surface area (Å²) in [7, 11) is 1.61. The Hall–Kier alpha value is -1.44. The van der Waals surface area contributed by atoms with Crippen molar-refractivity contribution < 1.29 is 9.15 Å². The third kappa shape index (κ3) is 0.963. The summed E-state index contributed by atoms with van der Waals surface area (Å²) in [5.41, 5.74) is 0.783. The van der Waals surface area contributed by atoms with E-state index >= 15 is 0 Å². The van der Waals surface area contributed by atoms with Gasteiger partial charge in [0.1, 0.15) is 11.3 Å². The van der Waals surface area contributed by atoms with Crippen LogP contribution in [0.15, 0.2) is 22.6 Å². The highest BCUT2D eigenvalue weighted by molar-refractivity contribution is 5.78. The number of rotatable bonds is 1. The SMILES string of the molecule is COc1[c]cc2o[c]cc2c1. The lowest BCUT2D eigenvalue weighted by molar-refractivity contribution is 0.414. The Kier molecular flexibility index (Phi) is 1.32. The highest BCUT2D eigenvalue weighted by Crippen LogP contribution is 2.19. The fourth-order valence-corrected chi connectivity index (χ4v) is 0.950. The van der Waals surface area contributed by atoms with Crippen LogP contribution in [-0.4, -0.2) is 7.11 Å². The number of benzene rings is 1. The maximum Gasteiger partial charge on any atom is 0.170 e. The Morgan fingerprint density at radius 1 is 1.45 bits per heavy atom. The molecule has 1 aromatic heterocycles. The van der Waals surface area contributed by atoms with Gasteiger partial charge in [0.25, 0.3) is 0 Å². The van der Waals surface area contributed by atoms with E-state index in [1.54, 1.807) is 19.2 Å². The predicted octanol–water partition coefficient (Wildman–Crippen LogP) is 2.04. The summed E-state index contributed by atoms with van der Waals surface area (Å²) in [6, 6.07) is 8.28. The minimum atomic E-state index is 0.715. The quantitative estimate of drug-likeness (QED) is 0.614. The van der Waals surface area contributed by atoms with Gasteiger partial charge in [0, 0.05) is 11.5 Å². The maximum absolute atomic E-state index is 5.01. The maximum atomic E-state index is 5.01. The molecule has 0 N–H and O–H groups in total. The Bertz CT molecular complexity index is 362. The van der Waals surface area contributed by atoms with Crippen LogP contribution < -0.4 is 4.74 Å². The average molecular weight is 146 g/mol. The monoisotopic (exact) mass is 146 g/mol. The van der Waals surface area contributed by atoms with Gasteiger partial charge in [0.15, 0.2) is 6.26 Å².